The third-order valence-electron chi connectivity index (χ3n) is 4.99. The average Bonchev–Trinajstić information content (AvgIpc) is 3.29. The van der Waals surface area contributed by atoms with Crippen molar-refractivity contribution in [1.82, 2.24) is 10.2 Å². The summed E-state index contributed by atoms with van der Waals surface area (Å²) in [6.45, 7) is 1.93. The van der Waals surface area contributed by atoms with Crippen molar-refractivity contribution in [2.45, 2.75) is 23.9 Å². The molecule has 1 aliphatic heterocycles. The fourth-order valence-corrected chi connectivity index (χ4v) is 4.46. The lowest BCUT2D eigenvalue weighted by Gasteiger charge is -2.15. The Morgan fingerprint density at radius 2 is 1.61 bits per heavy atom. The van der Waals surface area contributed by atoms with Gasteiger partial charge in [-0.1, -0.05) is 18.2 Å². The third kappa shape index (κ3) is 4.79. The van der Waals surface area contributed by atoms with E-state index < -0.39 is 26.7 Å². The molecule has 1 aliphatic rings. The largest absolute Gasteiger partial charge is 0.416 e. The molecule has 1 fully saturated rings. The number of nitrogens with zero attached hydrogens (tertiary/aromatic N) is 3. The van der Waals surface area contributed by atoms with Crippen LogP contribution in [0.5, 0.6) is 0 Å². The molecular formula is C21H19F3N4O2S. The van der Waals surface area contributed by atoms with Crippen LogP contribution in [0.15, 0.2) is 65.6 Å². The molecule has 0 unspecified atom stereocenters. The minimum atomic E-state index is -4.63. The maximum absolute atomic E-state index is 12.9. The van der Waals surface area contributed by atoms with Crippen molar-refractivity contribution >= 4 is 21.5 Å². The zero-order chi connectivity index (χ0) is 22.1. The number of aromatic nitrogens is 2. The van der Waals surface area contributed by atoms with Crippen molar-refractivity contribution in [2.75, 3.05) is 22.7 Å². The molecule has 1 aromatic heterocycles. The van der Waals surface area contributed by atoms with Gasteiger partial charge in [-0.3, -0.25) is 4.72 Å². The molecule has 1 saturated heterocycles. The number of alkyl halides is 3. The highest BCUT2D eigenvalue weighted by Gasteiger charge is 2.31. The highest BCUT2D eigenvalue weighted by atomic mass is 32.2. The quantitative estimate of drug-likeness (QED) is 0.619. The monoisotopic (exact) mass is 448 g/mol. The van der Waals surface area contributed by atoms with E-state index >= 15 is 0 Å². The Kier molecular flexibility index (Phi) is 5.57. The molecule has 4 rings (SSSR count). The van der Waals surface area contributed by atoms with E-state index in [9.17, 15) is 21.6 Å². The van der Waals surface area contributed by atoms with E-state index in [2.05, 4.69) is 19.8 Å². The van der Waals surface area contributed by atoms with Crippen LogP contribution in [0.4, 0.5) is 24.7 Å². The molecule has 0 spiro atoms. The molecule has 2 heterocycles. The van der Waals surface area contributed by atoms with E-state index in [1.165, 1.54) is 12.1 Å². The maximum Gasteiger partial charge on any atom is 0.416 e. The topological polar surface area (TPSA) is 75.2 Å². The molecule has 6 nitrogen and oxygen atoms in total. The summed E-state index contributed by atoms with van der Waals surface area (Å²) < 4.78 is 65.9. The molecule has 0 saturated carbocycles. The van der Waals surface area contributed by atoms with Gasteiger partial charge in [0.05, 0.1) is 16.2 Å². The fourth-order valence-electron chi connectivity index (χ4n) is 3.36. The van der Waals surface area contributed by atoms with Crippen LogP contribution >= 0.6 is 0 Å². The Hall–Kier alpha value is -3.14. The highest BCUT2D eigenvalue weighted by Crippen LogP contribution is 2.31. The number of anilines is 2. The molecule has 3 aromatic rings. The van der Waals surface area contributed by atoms with Crippen molar-refractivity contribution in [1.29, 1.82) is 0 Å². The molecule has 0 atom stereocenters. The minimum absolute atomic E-state index is 0.225. The van der Waals surface area contributed by atoms with Gasteiger partial charge >= 0.3 is 6.18 Å². The average molecular weight is 448 g/mol. The number of benzene rings is 2. The number of hydrogen-bond donors (Lipinski definition) is 1. The van der Waals surface area contributed by atoms with Gasteiger partial charge in [0.2, 0.25) is 0 Å². The van der Waals surface area contributed by atoms with E-state index in [0.29, 0.717) is 11.8 Å². The summed E-state index contributed by atoms with van der Waals surface area (Å²) in [5, 5.41) is 8.50. The van der Waals surface area contributed by atoms with E-state index in [4.69, 9.17) is 0 Å². The van der Waals surface area contributed by atoms with Gasteiger partial charge in [0, 0.05) is 24.3 Å². The lowest BCUT2D eigenvalue weighted by molar-refractivity contribution is -0.137. The summed E-state index contributed by atoms with van der Waals surface area (Å²) in [4.78, 5) is 1.71. The van der Waals surface area contributed by atoms with Crippen molar-refractivity contribution in [2.24, 2.45) is 0 Å². The van der Waals surface area contributed by atoms with Crippen LogP contribution < -0.4 is 9.62 Å². The lowest BCUT2D eigenvalue weighted by Crippen LogP contribution is -2.19. The Balaban J connectivity index is 1.49. The predicted octanol–water partition coefficient (Wildman–Crippen LogP) is 4.56. The molecule has 1 N–H and O–H groups in total. The van der Waals surface area contributed by atoms with Gasteiger partial charge in [-0.25, -0.2) is 8.42 Å². The lowest BCUT2D eigenvalue weighted by atomic mass is 10.1. The summed E-state index contributed by atoms with van der Waals surface area (Å²) in [7, 11) is -4.17. The number of sulfonamides is 1. The Morgan fingerprint density at radius 1 is 0.903 bits per heavy atom. The van der Waals surface area contributed by atoms with Crippen LogP contribution in [-0.2, 0) is 16.2 Å². The summed E-state index contributed by atoms with van der Waals surface area (Å²) in [6.07, 6.45) is -2.35. The second-order valence-electron chi connectivity index (χ2n) is 7.18. The van der Waals surface area contributed by atoms with Gasteiger partial charge in [-0.05, 0) is 55.3 Å². The summed E-state index contributed by atoms with van der Waals surface area (Å²) in [5.41, 5.74) is 0.571. The van der Waals surface area contributed by atoms with Gasteiger partial charge in [0.15, 0.2) is 5.82 Å². The standard InChI is InChI=1S/C21H19F3N4O2S/c22-21(23,24)16-4-3-5-18(14-16)31(29,30)27-17-8-6-15(7-9-17)19-10-11-20(26-25-19)28-12-1-2-13-28/h3-11,14,27H,1-2,12-13H2. The van der Waals surface area contributed by atoms with Crippen LogP contribution in [0.2, 0.25) is 0 Å². The molecule has 0 aliphatic carbocycles. The second kappa shape index (κ2) is 8.18. The first-order chi connectivity index (χ1) is 14.7. The van der Waals surface area contributed by atoms with Gasteiger partial charge in [-0.2, -0.15) is 13.2 Å². The Morgan fingerprint density at radius 3 is 2.23 bits per heavy atom. The molecule has 0 bridgehead atoms. The molecule has 0 amide bonds. The second-order valence-corrected chi connectivity index (χ2v) is 8.86. The summed E-state index contributed by atoms with van der Waals surface area (Å²) in [5.74, 6) is 0.826. The zero-order valence-electron chi connectivity index (χ0n) is 16.3. The van der Waals surface area contributed by atoms with Gasteiger partial charge < -0.3 is 4.90 Å². The van der Waals surface area contributed by atoms with Crippen LogP contribution in [0.25, 0.3) is 11.3 Å². The van der Waals surface area contributed by atoms with Gasteiger partial charge in [0.25, 0.3) is 10.0 Å². The van der Waals surface area contributed by atoms with Crippen molar-refractivity contribution < 1.29 is 21.6 Å². The van der Waals surface area contributed by atoms with Gasteiger partial charge in [-0.15, -0.1) is 10.2 Å². The summed E-state index contributed by atoms with van der Waals surface area (Å²) >= 11 is 0. The Labute approximate surface area is 177 Å². The van der Waals surface area contributed by atoms with Crippen LogP contribution in [0, 0.1) is 0 Å². The molecule has 31 heavy (non-hydrogen) atoms. The van der Waals surface area contributed by atoms with Crippen LogP contribution in [0.1, 0.15) is 18.4 Å². The predicted molar refractivity (Wildman–Crippen MR) is 111 cm³/mol. The van der Waals surface area contributed by atoms with E-state index in [-0.39, 0.29) is 5.69 Å². The maximum atomic E-state index is 12.9. The van der Waals surface area contributed by atoms with Gasteiger partial charge in [0.1, 0.15) is 0 Å². The van der Waals surface area contributed by atoms with E-state index in [1.54, 1.807) is 12.1 Å². The molecule has 2 aromatic carbocycles. The number of hydrogen-bond acceptors (Lipinski definition) is 5. The number of halogens is 3. The van der Waals surface area contributed by atoms with E-state index in [1.807, 2.05) is 12.1 Å². The minimum Gasteiger partial charge on any atom is -0.355 e. The molecular weight excluding hydrogens is 429 g/mol. The fraction of sp³-hybridized carbons (Fsp3) is 0.238. The van der Waals surface area contributed by atoms with Crippen molar-refractivity contribution in [3.05, 3.63) is 66.2 Å². The first-order valence-electron chi connectivity index (χ1n) is 9.62. The molecule has 10 heteroatoms. The third-order valence-corrected chi connectivity index (χ3v) is 6.36. The highest BCUT2D eigenvalue weighted by molar-refractivity contribution is 7.92. The van der Waals surface area contributed by atoms with Crippen LogP contribution in [-0.4, -0.2) is 31.7 Å². The summed E-state index contributed by atoms with van der Waals surface area (Å²) in [6, 6.07) is 13.7. The Bertz CT molecular complexity index is 1160. The van der Waals surface area contributed by atoms with Crippen molar-refractivity contribution in [3.8, 4) is 11.3 Å². The van der Waals surface area contributed by atoms with Crippen molar-refractivity contribution in [3.63, 3.8) is 0 Å². The number of rotatable bonds is 5. The molecule has 0 radical (unpaired) electrons. The molecule has 162 valence electrons. The number of nitrogens with one attached hydrogen (secondary N) is 1. The SMILES string of the molecule is O=S(=O)(Nc1ccc(-c2ccc(N3CCCC3)nn2)cc1)c1cccc(C(F)(F)F)c1. The normalized spacial score (nSPS) is 14.6. The van der Waals surface area contributed by atoms with Crippen LogP contribution in [0.3, 0.4) is 0 Å². The first kappa shape index (κ1) is 21.1. The zero-order valence-corrected chi connectivity index (χ0v) is 17.1. The first-order valence-corrected chi connectivity index (χ1v) is 11.1. The van der Waals surface area contributed by atoms with E-state index in [0.717, 1.165) is 55.5 Å². The smallest absolute Gasteiger partial charge is 0.355 e.